The quantitative estimate of drug-likeness (QED) is 0.407. The molecule has 0 aliphatic carbocycles. The molecule has 0 radical (unpaired) electrons. The van der Waals surface area contributed by atoms with E-state index in [0.717, 1.165) is 10.8 Å². The fraction of sp³-hybridized carbons (Fsp3) is 0.227. The second kappa shape index (κ2) is 7.08. The summed E-state index contributed by atoms with van der Waals surface area (Å²) < 4.78 is 7.20. The Labute approximate surface area is 153 Å². The molecule has 0 bridgehead atoms. The van der Waals surface area contributed by atoms with Crippen molar-refractivity contribution in [1.82, 2.24) is 0 Å². The van der Waals surface area contributed by atoms with Crippen LogP contribution in [0.2, 0.25) is 0 Å². The van der Waals surface area contributed by atoms with Gasteiger partial charge in [-0.15, -0.1) is 0 Å². The SMILES string of the molecule is CC(C)(C)OC(=O)c1ccc(C(=O)C[n+]2ccc3ccccc3c2)cc1. The number of nitrogens with zero attached hydrogens (tertiary/aromatic N) is 1. The lowest BCUT2D eigenvalue weighted by Gasteiger charge is -2.19. The molecule has 0 fully saturated rings. The van der Waals surface area contributed by atoms with Crippen molar-refractivity contribution < 1.29 is 18.9 Å². The van der Waals surface area contributed by atoms with Crippen LogP contribution in [-0.4, -0.2) is 17.4 Å². The number of ketones is 1. The number of hydrogen-bond acceptors (Lipinski definition) is 3. The Morgan fingerprint density at radius 1 is 0.885 bits per heavy atom. The fourth-order valence-electron chi connectivity index (χ4n) is 2.66. The Balaban J connectivity index is 1.72. The second-order valence-electron chi connectivity index (χ2n) is 7.25. The third-order valence-electron chi connectivity index (χ3n) is 3.91. The Bertz CT molecular complexity index is 953. The van der Waals surface area contributed by atoms with Crippen LogP contribution in [-0.2, 0) is 11.3 Å². The van der Waals surface area contributed by atoms with E-state index in [2.05, 4.69) is 0 Å². The van der Waals surface area contributed by atoms with Crippen LogP contribution in [0.5, 0.6) is 0 Å². The van der Waals surface area contributed by atoms with Crippen LogP contribution < -0.4 is 4.57 Å². The smallest absolute Gasteiger partial charge is 0.338 e. The highest BCUT2D eigenvalue weighted by molar-refractivity contribution is 5.97. The second-order valence-corrected chi connectivity index (χ2v) is 7.25. The Kier molecular flexibility index (Phi) is 4.85. The van der Waals surface area contributed by atoms with Crippen LogP contribution in [0.4, 0.5) is 0 Å². The lowest BCUT2D eigenvalue weighted by atomic mass is 10.1. The van der Waals surface area contributed by atoms with E-state index >= 15 is 0 Å². The van der Waals surface area contributed by atoms with Gasteiger partial charge < -0.3 is 4.74 Å². The third-order valence-corrected chi connectivity index (χ3v) is 3.91. The molecule has 26 heavy (non-hydrogen) atoms. The summed E-state index contributed by atoms with van der Waals surface area (Å²) in [4.78, 5) is 24.6. The molecule has 3 aromatic rings. The molecule has 0 N–H and O–H groups in total. The van der Waals surface area contributed by atoms with E-state index in [9.17, 15) is 9.59 Å². The molecule has 0 amide bonds. The van der Waals surface area contributed by atoms with E-state index in [-0.39, 0.29) is 18.3 Å². The first-order valence-corrected chi connectivity index (χ1v) is 8.56. The van der Waals surface area contributed by atoms with E-state index < -0.39 is 5.60 Å². The number of hydrogen-bond donors (Lipinski definition) is 0. The number of carbonyl (C=O) groups is 2. The van der Waals surface area contributed by atoms with E-state index in [1.165, 1.54) is 0 Å². The Hall–Kier alpha value is -3.01. The lowest BCUT2D eigenvalue weighted by Crippen LogP contribution is -2.37. The van der Waals surface area contributed by atoms with Crippen LogP contribution in [0.1, 0.15) is 41.5 Å². The maximum atomic E-state index is 12.5. The number of Topliss-reactive ketones (excluding diaryl/α,β-unsaturated/α-hetero) is 1. The molecule has 0 saturated carbocycles. The van der Waals surface area contributed by atoms with Crippen molar-refractivity contribution in [3.63, 3.8) is 0 Å². The van der Waals surface area contributed by atoms with Crippen LogP contribution in [0.25, 0.3) is 10.8 Å². The van der Waals surface area contributed by atoms with E-state index in [1.807, 2.05) is 68.1 Å². The summed E-state index contributed by atoms with van der Waals surface area (Å²) in [6.07, 6.45) is 3.86. The molecule has 3 rings (SSSR count). The van der Waals surface area contributed by atoms with Crippen LogP contribution >= 0.6 is 0 Å². The molecular weight excluding hydrogens is 326 g/mol. The molecule has 0 spiro atoms. The number of ether oxygens (including phenoxy) is 1. The van der Waals surface area contributed by atoms with Gasteiger partial charge in [0.05, 0.1) is 5.56 Å². The number of pyridine rings is 1. The molecule has 1 heterocycles. The van der Waals surface area contributed by atoms with Crippen LogP contribution in [0.3, 0.4) is 0 Å². The standard InChI is InChI=1S/C22H22NO3/c1-22(2,3)26-21(25)18-10-8-17(9-11-18)20(24)15-23-13-12-16-6-4-5-7-19(16)14-23/h4-14H,15H2,1-3H3/q+1. The number of rotatable bonds is 4. The highest BCUT2D eigenvalue weighted by Crippen LogP contribution is 2.14. The van der Waals surface area contributed by atoms with E-state index in [1.54, 1.807) is 24.3 Å². The van der Waals surface area contributed by atoms with Gasteiger partial charge in [-0.3, -0.25) is 4.79 Å². The first kappa shape index (κ1) is 17.8. The van der Waals surface area contributed by atoms with Gasteiger partial charge in [-0.2, -0.15) is 4.57 Å². The van der Waals surface area contributed by atoms with Gasteiger partial charge >= 0.3 is 5.97 Å². The highest BCUT2D eigenvalue weighted by atomic mass is 16.6. The molecule has 1 aromatic heterocycles. The summed E-state index contributed by atoms with van der Waals surface area (Å²) >= 11 is 0. The van der Waals surface area contributed by atoms with Crippen molar-refractivity contribution in [2.24, 2.45) is 0 Å². The predicted molar refractivity (Wildman–Crippen MR) is 100 cm³/mol. The molecule has 0 atom stereocenters. The molecule has 0 unspecified atom stereocenters. The van der Waals surface area contributed by atoms with Crippen LogP contribution in [0.15, 0.2) is 67.0 Å². The van der Waals surface area contributed by atoms with Crippen molar-refractivity contribution in [3.05, 3.63) is 78.1 Å². The summed E-state index contributed by atoms with van der Waals surface area (Å²) in [7, 11) is 0. The zero-order valence-electron chi connectivity index (χ0n) is 15.2. The molecule has 4 nitrogen and oxygen atoms in total. The molecule has 0 aliphatic rings. The maximum absolute atomic E-state index is 12.5. The molecule has 0 saturated heterocycles. The van der Waals surface area contributed by atoms with E-state index in [0.29, 0.717) is 11.1 Å². The summed E-state index contributed by atoms with van der Waals surface area (Å²) in [5.41, 5.74) is 0.464. The molecule has 4 heteroatoms. The van der Waals surface area contributed by atoms with Gasteiger partial charge in [0.1, 0.15) is 5.60 Å². The maximum Gasteiger partial charge on any atom is 0.338 e. The summed E-state index contributed by atoms with van der Waals surface area (Å²) in [5, 5.41) is 2.22. The minimum absolute atomic E-state index is 0.0129. The van der Waals surface area contributed by atoms with Gasteiger partial charge in [0.2, 0.25) is 12.3 Å². The Morgan fingerprint density at radius 3 is 2.15 bits per heavy atom. The van der Waals surface area contributed by atoms with Crippen molar-refractivity contribution in [2.45, 2.75) is 32.9 Å². The van der Waals surface area contributed by atoms with Crippen LogP contribution in [0, 0.1) is 0 Å². The van der Waals surface area contributed by atoms with Gasteiger partial charge in [-0.1, -0.05) is 30.3 Å². The largest absolute Gasteiger partial charge is 0.456 e. The fourth-order valence-corrected chi connectivity index (χ4v) is 2.66. The Morgan fingerprint density at radius 2 is 1.50 bits per heavy atom. The normalized spacial score (nSPS) is 11.3. The number of fused-ring (bicyclic) bond motifs is 1. The summed E-state index contributed by atoms with van der Waals surface area (Å²) in [5.74, 6) is -0.401. The molecule has 0 aliphatic heterocycles. The molecule has 2 aromatic carbocycles. The van der Waals surface area contributed by atoms with Gasteiger partial charge in [-0.25, -0.2) is 4.79 Å². The predicted octanol–water partition coefficient (Wildman–Crippen LogP) is 3.97. The van der Waals surface area contributed by atoms with E-state index in [4.69, 9.17) is 4.74 Å². The average molecular weight is 348 g/mol. The topological polar surface area (TPSA) is 47.3 Å². The zero-order valence-corrected chi connectivity index (χ0v) is 15.2. The minimum atomic E-state index is -0.543. The van der Waals surface area contributed by atoms with Crippen molar-refractivity contribution in [3.8, 4) is 0 Å². The van der Waals surface area contributed by atoms with Crippen molar-refractivity contribution in [2.75, 3.05) is 0 Å². The third kappa shape index (κ3) is 4.33. The monoisotopic (exact) mass is 348 g/mol. The molecular formula is C22H22NO3+. The number of aromatic nitrogens is 1. The first-order valence-electron chi connectivity index (χ1n) is 8.56. The van der Waals surface area contributed by atoms with Gasteiger partial charge in [0, 0.05) is 17.0 Å². The van der Waals surface area contributed by atoms with Crippen molar-refractivity contribution in [1.29, 1.82) is 0 Å². The van der Waals surface area contributed by atoms with Gasteiger partial charge in [0.25, 0.3) is 0 Å². The average Bonchev–Trinajstić information content (AvgIpc) is 2.60. The van der Waals surface area contributed by atoms with Gasteiger partial charge in [-0.05, 0) is 44.4 Å². The van der Waals surface area contributed by atoms with Crippen molar-refractivity contribution >= 4 is 22.5 Å². The summed E-state index contributed by atoms with van der Waals surface area (Å²) in [6.45, 7) is 5.72. The number of benzene rings is 2. The number of carbonyl (C=O) groups excluding carboxylic acids is 2. The zero-order chi connectivity index (χ0) is 18.7. The first-order chi connectivity index (χ1) is 12.3. The van der Waals surface area contributed by atoms with Gasteiger partial charge in [0.15, 0.2) is 12.4 Å². The summed E-state index contributed by atoms with van der Waals surface area (Å²) in [6, 6.07) is 16.6. The number of esters is 1. The minimum Gasteiger partial charge on any atom is -0.456 e. The lowest BCUT2D eigenvalue weighted by molar-refractivity contribution is -0.681. The molecule has 132 valence electrons. The highest BCUT2D eigenvalue weighted by Gasteiger charge is 2.19.